The van der Waals surface area contributed by atoms with Crippen molar-refractivity contribution in [2.45, 2.75) is 26.2 Å². The molecule has 5 nitrogen and oxygen atoms in total. The molecular formula is C14H14ClN3O2. The molecule has 0 bridgehead atoms. The Hall–Kier alpha value is -1.88. The zero-order chi connectivity index (χ0) is 14.3. The first-order valence-electron chi connectivity index (χ1n) is 6.42. The average molecular weight is 292 g/mol. The highest BCUT2D eigenvalue weighted by atomic mass is 35.5. The minimum atomic E-state index is -0.0457. The third kappa shape index (κ3) is 2.18. The predicted molar refractivity (Wildman–Crippen MR) is 74.9 cm³/mol. The van der Waals surface area contributed by atoms with Gasteiger partial charge in [-0.15, -0.1) is 0 Å². The third-order valence-corrected chi connectivity index (χ3v) is 3.80. The zero-order valence-electron chi connectivity index (χ0n) is 11.3. The highest BCUT2D eigenvalue weighted by Crippen LogP contribution is 2.36. The Morgan fingerprint density at radius 2 is 2.20 bits per heavy atom. The normalized spacial score (nSPS) is 18.9. The van der Waals surface area contributed by atoms with Gasteiger partial charge in [-0.1, -0.05) is 28.9 Å². The van der Waals surface area contributed by atoms with E-state index in [1.165, 1.54) is 0 Å². The van der Waals surface area contributed by atoms with Crippen LogP contribution in [-0.4, -0.2) is 22.6 Å². The van der Waals surface area contributed by atoms with Crippen LogP contribution in [0, 0.1) is 13.8 Å². The van der Waals surface area contributed by atoms with Crippen molar-refractivity contribution >= 4 is 23.2 Å². The number of amides is 1. The molecule has 2 aromatic rings. The first-order chi connectivity index (χ1) is 9.56. The summed E-state index contributed by atoms with van der Waals surface area (Å²) in [5.41, 5.74) is 1.76. The van der Waals surface area contributed by atoms with Gasteiger partial charge in [-0.05, 0) is 18.6 Å². The van der Waals surface area contributed by atoms with Crippen LogP contribution in [0.5, 0.6) is 0 Å². The maximum Gasteiger partial charge on any atom is 0.227 e. The SMILES string of the molecule is Cc1nc(C2CC(=O)N(c3c(C)cccc3Cl)C2)no1. The number of aryl methyl sites for hydroxylation is 2. The second kappa shape index (κ2) is 4.90. The second-order valence-electron chi connectivity index (χ2n) is 4.98. The molecule has 104 valence electrons. The lowest BCUT2D eigenvalue weighted by Crippen LogP contribution is -2.25. The Kier molecular flexibility index (Phi) is 3.22. The van der Waals surface area contributed by atoms with Crippen molar-refractivity contribution in [3.63, 3.8) is 0 Å². The molecule has 3 rings (SSSR count). The third-order valence-electron chi connectivity index (χ3n) is 3.49. The van der Waals surface area contributed by atoms with Gasteiger partial charge in [0.1, 0.15) is 0 Å². The lowest BCUT2D eigenvalue weighted by atomic mass is 10.1. The molecule has 0 aliphatic carbocycles. The number of benzene rings is 1. The molecular weight excluding hydrogens is 278 g/mol. The number of halogens is 1. The average Bonchev–Trinajstić information content (AvgIpc) is 2.96. The van der Waals surface area contributed by atoms with Crippen molar-refractivity contribution in [1.29, 1.82) is 0 Å². The van der Waals surface area contributed by atoms with Gasteiger partial charge < -0.3 is 9.42 Å². The fourth-order valence-electron chi connectivity index (χ4n) is 2.54. The molecule has 0 radical (unpaired) electrons. The first-order valence-corrected chi connectivity index (χ1v) is 6.79. The van der Waals surface area contributed by atoms with Crippen LogP contribution in [0.4, 0.5) is 5.69 Å². The van der Waals surface area contributed by atoms with Crippen molar-refractivity contribution in [3.8, 4) is 0 Å². The van der Waals surface area contributed by atoms with E-state index in [2.05, 4.69) is 10.1 Å². The molecule has 1 aromatic heterocycles. The van der Waals surface area contributed by atoms with Crippen molar-refractivity contribution in [1.82, 2.24) is 10.1 Å². The molecule has 1 aromatic carbocycles. The molecule has 1 amide bonds. The number of hydrogen-bond donors (Lipinski definition) is 0. The molecule has 0 spiro atoms. The molecule has 1 unspecified atom stereocenters. The number of hydrogen-bond acceptors (Lipinski definition) is 4. The number of rotatable bonds is 2. The number of nitrogens with zero attached hydrogens (tertiary/aromatic N) is 3. The summed E-state index contributed by atoms with van der Waals surface area (Å²) in [5.74, 6) is 1.09. The Labute approximate surface area is 121 Å². The minimum absolute atomic E-state index is 0.0358. The maximum atomic E-state index is 12.3. The van der Waals surface area contributed by atoms with Crippen molar-refractivity contribution < 1.29 is 9.32 Å². The largest absolute Gasteiger partial charge is 0.340 e. The summed E-state index contributed by atoms with van der Waals surface area (Å²) < 4.78 is 4.98. The standard InChI is InChI=1S/C14H14ClN3O2/c1-8-4-3-5-11(15)13(8)18-7-10(6-12(18)19)14-16-9(2)20-17-14/h3-5,10H,6-7H2,1-2H3. The Bertz CT molecular complexity index is 648. The zero-order valence-corrected chi connectivity index (χ0v) is 12.0. The van der Waals surface area contributed by atoms with E-state index >= 15 is 0 Å². The van der Waals surface area contributed by atoms with Gasteiger partial charge in [0.05, 0.1) is 10.7 Å². The van der Waals surface area contributed by atoms with E-state index in [9.17, 15) is 4.79 Å². The van der Waals surface area contributed by atoms with E-state index < -0.39 is 0 Å². The molecule has 2 heterocycles. The van der Waals surface area contributed by atoms with Crippen molar-refractivity contribution in [3.05, 3.63) is 40.5 Å². The summed E-state index contributed by atoms with van der Waals surface area (Å²) in [6.07, 6.45) is 0.379. The summed E-state index contributed by atoms with van der Waals surface area (Å²) in [5, 5.41) is 4.49. The first kappa shape index (κ1) is 13.1. The summed E-state index contributed by atoms with van der Waals surface area (Å²) in [6, 6.07) is 5.62. The fraction of sp³-hybridized carbons (Fsp3) is 0.357. The second-order valence-corrected chi connectivity index (χ2v) is 5.39. The molecule has 1 aliphatic rings. The summed E-state index contributed by atoms with van der Waals surface area (Å²) in [7, 11) is 0. The van der Waals surface area contributed by atoms with E-state index in [0.29, 0.717) is 29.7 Å². The lowest BCUT2D eigenvalue weighted by Gasteiger charge is -2.20. The Balaban J connectivity index is 1.91. The van der Waals surface area contributed by atoms with E-state index in [1.807, 2.05) is 19.1 Å². The summed E-state index contributed by atoms with van der Waals surface area (Å²) in [6.45, 7) is 4.21. The molecule has 6 heteroatoms. The number of anilines is 1. The number of aromatic nitrogens is 2. The topological polar surface area (TPSA) is 59.2 Å². The maximum absolute atomic E-state index is 12.3. The quantitative estimate of drug-likeness (QED) is 0.853. The van der Waals surface area contributed by atoms with E-state index in [1.54, 1.807) is 17.9 Å². The van der Waals surface area contributed by atoms with Gasteiger partial charge >= 0.3 is 0 Å². The van der Waals surface area contributed by atoms with Crippen molar-refractivity contribution in [2.75, 3.05) is 11.4 Å². The van der Waals surface area contributed by atoms with Crippen LogP contribution in [0.3, 0.4) is 0 Å². The van der Waals surface area contributed by atoms with Crippen LogP contribution in [-0.2, 0) is 4.79 Å². The molecule has 1 saturated heterocycles. The molecule has 20 heavy (non-hydrogen) atoms. The van der Waals surface area contributed by atoms with E-state index in [0.717, 1.165) is 11.3 Å². The van der Waals surface area contributed by atoms with Crippen molar-refractivity contribution in [2.24, 2.45) is 0 Å². The molecule has 1 fully saturated rings. The van der Waals surface area contributed by atoms with E-state index in [4.69, 9.17) is 16.1 Å². The van der Waals surface area contributed by atoms with Crippen LogP contribution < -0.4 is 4.90 Å². The van der Waals surface area contributed by atoms with Crippen LogP contribution in [0.1, 0.15) is 29.6 Å². The predicted octanol–water partition coefficient (Wildman–Crippen LogP) is 2.86. The highest BCUT2D eigenvalue weighted by Gasteiger charge is 2.35. The minimum Gasteiger partial charge on any atom is -0.340 e. The van der Waals surface area contributed by atoms with Crippen LogP contribution in [0.2, 0.25) is 5.02 Å². The van der Waals surface area contributed by atoms with Gasteiger partial charge in [-0.3, -0.25) is 4.79 Å². The fourth-order valence-corrected chi connectivity index (χ4v) is 2.87. The molecule has 1 aliphatic heterocycles. The lowest BCUT2D eigenvalue weighted by molar-refractivity contribution is -0.117. The van der Waals surface area contributed by atoms with Gasteiger partial charge in [-0.25, -0.2) is 0 Å². The molecule has 1 atom stereocenters. The Morgan fingerprint density at radius 3 is 2.85 bits per heavy atom. The molecule has 0 saturated carbocycles. The summed E-state index contributed by atoms with van der Waals surface area (Å²) >= 11 is 6.23. The smallest absolute Gasteiger partial charge is 0.227 e. The highest BCUT2D eigenvalue weighted by molar-refractivity contribution is 6.34. The van der Waals surface area contributed by atoms with Gasteiger partial charge in [0.2, 0.25) is 11.8 Å². The Morgan fingerprint density at radius 1 is 1.40 bits per heavy atom. The number of para-hydroxylation sites is 1. The molecule has 0 N–H and O–H groups in total. The van der Waals surface area contributed by atoms with Crippen LogP contribution in [0.15, 0.2) is 22.7 Å². The van der Waals surface area contributed by atoms with Gasteiger partial charge in [0, 0.05) is 25.8 Å². The monoisotopic (exact) mass is 291 g/mol. The van der Waals surface area contributed by atoms with E-state index in [-0.39, 0.29) is 11.8 Å². The van der Waals surface area contributed by atoms with Gasteiger partial charge in [0.15, 0.2) is 5.82 Å². The van der Waals surface area contributed by atoms with Crippen LogP contribution >= 0.6 is 11.6 Å². The number of carbonyl (C=O) groups is 1. The summed E-state index contributed by atoms with van der Waals surface area (Å²) in [4.78, 5) is 18.2. The van der Waals surface area contributed by atoms with Gasteiger partial charge in [0.25, 0.3) is 0 Å². The number of carbonyl (C=O) groups excluding carboxylic acids is 1. The van der Waals surface area contributed by atoms with Gasteiger partial charge in [-0.2, -0.15) is 4.98 Å². The van der Waals surface area contributed by atoms with Crippen LogP contribution in [0.25, 0.3) is 0 Å².